The Labute approximate surface area is 106 Å². The molecule has 0 heterocycles. The average Bonchev–Trinajstić information content (AvgIpc) is 2.31. The number of carboxylic acids is 1. The van der Waals surface area contributed by atoms with Crippen LogP contribution in [0.2, 0.25) is 0 Å². The molecule has 1 atom stereocenters. The summed E-state index contributed by atoms with van der Waals surface area (Å²) in [5.41, 5.74) is 7.13. The first kappa shape index (κ1) is 14.2. The maximum absolute atomic E-state index is 11.8. The van der Waals surface area contributed by atoms with Gasteiger partial charge in [-0.15, -0.1) is 0 Å². The summed E-state index contributed by atoms with van der Waals surface area (Å²) >= 11 is 0. The summed E-state index contributed by atoms with van der Waals surface area (Å²) in [6.07, 6.45) is 1.42. The van der Waals surface area contributed by atoms with E-state index in [-0.39, 0.29) is 11.5 Å². The molecule has 0 radical (unpaired) electrons. The van der Waals surface area contributed by atoms with E-state index in [1.165, 1.54) is 12.1 Å². The van der Waals surface area contributed by atoms with Crippen LogP contribution in [0.4, 0.5) is 5.69 Å². The highest BCUT2D eigenvalue weighted by Gasteiger charge is 2.14. The lowest BCUT2D eigenvalue weighted by Gasteiger charge is -2.13. The van der Waals surface area contributed by atoms with Crippen molar-refractivity contribution in [3.8, 4) is 0 Å². The minimum atomic E-state index is -1.02. The van der Waals surface area contributed by atoms with Gasteiger partial charge in [-0.2, -0.15) is 0 Å². The molecule has 0 aliphatic carbocycles. The highest BCUT2D eigenvalue weighted by molar-refractivity contribution is 5.97. The number of hydrogen-bond donors (Lipinski definition) is 3. The molecular formula is C13H18N2O3. The van der Waals surface area contributed by atoms with E-state index in [0.717, 1.165) is 12.0 Å². The molecule has 4 N–H and O–H groups in total. The zero-order valence-corrected chi connectivity index (χ0v) is 10.6. The second-order valence-corrected chi connectivity index (χ2v) is 4.22. The van der Waals surface area contributed by atoms with E-state index >= 15 is 0 Å². The number of carbonyl (C=O) groups excluding carboxylic acids is 1. The van der Waals surface area contributed by atoms with Crippen LogP contribution in [-0.4, -0.2) is 23.0 Å². The highest BCUT2D eigenvalue weighted by atomic mass is 16.4. The van der Waals surface area contributed by atoms with Crippen molar-refractivity contribution in [3.63, 3.8) is 0 Å². The van der Waals surface area contributed by atoms with Gasteiger partial charge < -0.3 is 16.2 Å². The first-order chi connectivity index (χ1) is 8.45. The summed E-state index contributed by atoms with van der Waals surface area (Å²) in [6.45, 7) is 3.75. The lowest BCUT2D eigenvalue weighted by atomic mass is 10.1. The molecule has 0 saturated heterocycles. The zero-order chi connectivity index (χ0) is 13.7. The number of aromatic carboxylic acids is 1. The van der Waals surface area contributed by atoms with Gasteiger partial charge in [0.05, 0.1) is 11.6 Å². The maximum atomic E-state index is 11.8. The van der Waals surface area contributed by atoms with Crippen molar-refractivity contribution in [1.29, 1.82) is 0 Å². The third-order valence-electron chi connectivity index (χ3n) is 2.68. The van der Waals surface area contributed by atoms with E-state index in [9.17, 15) is 9.59 Å². The zero-order valence-electron chi connectivity index (χ0n) is 10.6. The summed E-state index contributed by atoms with van der Waals surface area (Å²) in [7, 11) is 0. The SMILES string of the molecule is CCC[C@@H](N)C(=O)Nc1cc(C(=O)O)ccc1C. The van der Waals surface area contributed by atoms with Crippen molar-refractivity contribution >= 4 is 17.6 Å². The van der Waals surface area contributed by atoms with Gasteiger partial charge in [-0.3, -0.25) is 4.79 Å². The van der Waals surface area contributed by atoms with Crippen LogP contribution < -0.4 is 11.1 Å². The Morgan fingerprint density at radius 1 is 1.44 bits per heavy atom. The van der Waals surface area contributed by atoms with Gasteiger partial charge in [-0.1, -0.05) is 19.4 Å². The second kappa shape index (κ2) is 6.16. The number of nitrogens with one attached hydrogen (secondary N) is 1. The predicted molar refractivity (Wildman–Crippen MR) is 69.7 cm³/mol. The molecule has 0 saturated carbocycles. The standard InChI is InChI=1S/C13H18N2O3/c1-3-4-10(14)12(16)15-11-7-9(13(17)18)6-5-8(11)2/h5-7,10H,3-4,14H2,1-2H3,(H,15,16)(H,17,18)/t10-/m1/s1. The molecule has 1 aromatic carbocycles. The topological polar surface area (TPSA) is 92.4 Å². The van der Waals surface area contributed by atoms with Gasteiger partial charge >= 0.3 is 5.97 Å². The fourth-order valence-corrected chi connectivity index (χ4v) is 1.56. The van der Waals surface area contributed by atoms with Gasteiger partial charge in [0.15, 0.2) is 0 Å². The van der Waals surface area contributed by atoms with Crippen molar-refractivity contribution < 1.29 is 14.7 Å². The largest absolute Gasteiger partial charge is 0.478 e. The molecule has 0 aliphatic rings. The number of hydrogen-bond acceptors (Lipinski definition) is 3. The minimum Gasteiger partial charge on any atom is -0.478 e. The molecule has 1 aromatic rings. The number of rotatable bonds is 5. The number of anilines is 1. The molecule has 0 spiro atoms. The van der Waals surface area contributed by atoms with Gasteiger partial charge in [-0.25, -0.2) is 4.79 Å². The van der Waals surface area contributed by atoms with Crippen molar-refractivity contribution in [2.45, 2.75) is 32.7 Å². The summed E-state index contributed by atoms with van der Waals surface area (Å²) in [5.74, 6) is -1.31. The quantitative estimate of drug-likeness (QED) is 0.742. The van der Waals surface area contributed by atoms with Crippen molar-refractivity contribution in [3.05, 3.63) is 29.3 Å². The van der Waals surface area contributed by atoms with E-state index < -0.39 is 12.0 Å². The van der Waals surface area contributed by atoms with E-state index in [1.54, 1.807) is 13.0 Å². The Hall–Kier alpha value is -1.88. The number of carbonyl (C=O) groups is 2. The Bertz CT molecular complexity index is 458. The Morgan fingerprint density at radius 2 is 2.11 bits per heavy atom. The van der Waals surface area contributed by atoms with Gasteiger partial charge in [-0.05, 0) is 31.0 Å². The number of aryl methyl sites for hydroxylation is 1. The fraction of sp³-hybridized carbons (Fsp3) is 0.385. The fourth-order valence-electron chi connectivity index (χ4n) is 1.56. The molecule has 0 bridgehead atoms. The molecule has 0 aromatic heterocycles. The Balaban J connectivity index is 2.86. The van der Waals surface area contributed by atoms with Crippen LogP contribution in [0.15, 0.2) is 18.2 Å². The number of benzene rings is 1. The monoisotopic (exact) mass is 250 g/mol. The summed E-state index contributed by atoms with van der Waals surface area (Å²) in [6, 6.07) is 4.03. The second-order valence-electron chi connectivity index (χ2n) is 4.22. The van der Waals surface area contributed by atoms with Crippen LogP contribution in [-0.2, 0) is 4.79 Å². The maximum Gasteiger partial charge on any atom is 0.335 e. The third-order valence-corrected chi connectivity index (χ3v) is 2.68. The lowest BCUT2D eigenvalue weighted by molar-refractivity contribution is -0.117. The van der Waals surface area contributed by atoms with E-state index in [4.69, 9.17) is 10.8 Å². The molecule has 5 heteroatoms. The average molecular weight is 250 g/mol. The lowest BCUT2D eigenvalue weighted by Crippen LogP contribution is -2.35. The van der Waals surface area contributed by atoms with Crippen LogP contribution in [0.25, 0.3) is 0 Å². The molecule has 98 valence electrons. The van der Waals surface area contributed by atoms with Gasteiger partial charge in [0.2, 0.25) is 5.91 Å². The number of nitrogens with two attached hydrogens (primary N) is 1. The van der Waals surface area contributed by atoms with Crippen LogP contribution in [0, 0.1) is 6.92 Å². The van der Waals surface area contributed by atoms with Crippen molar-refractivity contribution in [2.24, 2.45) is 5.73 Å². The molecule has 0 unspecified atom stereocenters. The minimum absolute atomic E-state index is 0.139. The molecule has 18 heavy (non-hydrogen) atoms. The molecule has 1 rings (SSSR count). The van der Waals surface area contributed by atoms with E-state index in [1.807, 2.05) is 6.92 Å². The molecule has 5 nitrogen and oxygen atoms in total. The molecule has 0 fully saturated rings. The molecular weight excluding hydrogens is 232 g/mol. The van der Waals surface area contributed by atoms with Crippen LogP contribution in [0.1, 0.15) is 35.7 Å². The smallest absolute Gasteiger partial charge is 0.335 e. The molecule has 0 aliphatic heterocycles. The van der Waals surface area contributed by atoms with Gasteiger partial charge in [0, 0.05) is 5.69 Å². The van der Waals surface area contributed by atoms with Crippen LogP contribution in [0.3, 0.4) is 0 Å². The normalized spacial score (nSPS) is 11.9. The predicted octanol–water partition coefficient (Wildman–Crippen LogP) is 1.76. The van der Waals surface area contributed by atoms with Crippen molar-refractivity contribution in [2.75, 3.05) is 5.32 Å². The summed E-state index contributed by atoms with van der Waals surface area (Å²) < 4.78 is 0. The Morgan fingerprint density at radius 3 is 2.67 bits per heavy atom. The third kappa shape index (κ3) is 3.56. The van der Waals surface area contributed by atoms with Gasteiger partial charge in [0.25, 0.3) is 0 Å². The summed E-state index contributed by atoms with van der Waals surface area (Å²) in [4.78, 5) is 22.6. The first-order valence-electron chi connectivity index (χ1n) is 5.86. The number of amides is 1. The van der Waals surface area contributed by atoms with Gasteiger partial charge in [0.1, 0.15) is 0 Å². The highest BCUT2D eigenvalue weighted by Crippen LogP contribution is 2.17. The molecule has 1 amide bonds. The van der Waals surface area contributed by atoms with Crippen molar-refractivity contribution in [1.82, 2.24) is 0 Å². The number of carboxylic acid groups (broad SMARTS) is 1. The Kier molecular flexibility index (Phi) is 4.85. The first-order valence-corrected chi connectivity index (χ1v) is 5.86. The van der Waals surface area contributed by atoms with E-state index in [2.05, 4.69) is 5.32 Å². The van der Waals surface area contributed by atoms with E-state index in [0.29, 0.717) is 12.1 Å². The summed E-state index contributed by atoms with van der Waals surface area (Å²) in [5, 5.41) is 11.6. The van der Waals surface area contributed by atoms with Crippen LogP contribution in [0.5, 0.6) is 0 Å². The van der Waals surface area contributed by atoms with Crippen LogP contribution >= 0.6 is 0 Å².